The molecule has 1 aromatic rings. The van der Waals surface area contributed by atoms with Gasteiger partial charge in [-0.25, -0.2) is 0 Å². The number of piperidine rings is 1. The maximum Gasteiger partial charge on any atom is 0.309 e. The molecule has 0 radical (unpaired) electrons. The molecule has 5 nitrogen and oxygen atoms in total. The van der Waals surface area contributed by atoms with Crippen molar-refractivity contribution in [1.29, 1.82) is 0 Å². The molecular formula is C16H23NO4. The Hall–Kier alpha value is -1.59. The number of aryl methyl sites for hydroxylation is 1. The second kappa shape index (κ2) is 6.91. The van der Waals surface area contributed by atoms with Gasteiger partial charge in [0.15, 0.2) is 0 Å². The molecule has 0 amide bonds. The van der Waals surface area contributed by atoms with Gasteiger partial charge in [0.2, 0.25) is 0 Å². The molecular weight excluding hydrogens is 270 g/mol. The third-order valence-electron chi connectivity index (χ3n) is 4.20. The molecule has 1 aromatic carbocycles. The maximum absolute atomic E-state index is 10.9. The van der Waals surface area contributed by atoms with E-state index in [1.807, 2.05) is 19.1 Å². The van der Waals surface area contributed by atoms with Gasteiger partial charge in [-0.1, -0.05) is 12.1 Å². The summed E-state index contributed by atoms with van der Waals surface area (Å²) in [6, 6.07) is 5.98. The Balaban J connectivity index is 1.80. The van der Waals surface area contributed by atoms with Crippen molar-refractivity contribution in [2.75, 3.05) is 26.2 Å². The fourth-order valence-electron chi connectivity index (χ4n) is 2.65. The summed E-state index contributed by atoms with van der Waals surface area (Å²) in [5.41, 5.74) is 2.34. The molecule has 1 fully saturated rings. The van der Waals surface area contributed by atoms with Gasteiger partial charge < -0.3 is 14.9 Å². The zero-order valence-corrected chi connectivity index (χ0v) is 12.6. The second-order valence-corrected chi connectivity index (χ2v) is 5.65. The molecule has 0 aromatic heterocycles. The largest absolute Gasteiger partial charge is 0.492 e. The fourth-order valence-corrected chi connectivity index (χ4v) is 2.65. The summed E-state index contributed by atoms with van der Waals surface area (Å²) in [4.78, 5) is 13.0. The zero-order chi connectivity index (χ0) is 15.4. The van der Waals surface area contributed by atoms with Gasteiger partial charge in [-0.15, -0.1) is 0 Å². The Kier molecular flexibility index (Phi) is 5.20. The molecule has 2 rings (SSSR count). The van der Waals surface area contributed by atoms with Gasteiger partial charge in [-0.2, -0.15) is 0 Å². The second-order valence-electron chi connectivity index (χ2n) is 5.65. The van der Waals surface area contributed by atoms with Gasteiger partial charge in [0.25, 0.3) is 0 Å². The fraction of sp³-hybridized carbons (Fsp3) is 0.562. The van der Waals surface area contributed by atoms with Crippen LogP contribution in [0.25, 0.3) is 0 Å². The van der Waals surface area contributed by atoms with Crippen LogP contribution in [0, 0.1) is 19.8 Å². The van der Waals surface area contributed by atoms with Crippen LogP contribution in [0.2, 0.25) is 0 Å². The van der Waals surface area contributed by atoms with E-state index in [9.17, 15) is 9.90 Å². The number of benzene rings is 1. The lowest BCUT2D eigenvalue weighted by molar-refractivity contribution is -0.148. The first-order valence-corrected chi connectivity index (χ1v) is 7.31. The lowest BCUT2D eigenvalue weighted by Crippen LogP contribution is -2.47. The molecule has 1 heterocycles. The molecule has 0 spiro atoms. The average Bonchev–Trinajstić information content (AvgIpc) is 2.43. The van der Waals surface area contributed by atoms with Crippen molar-refractivity contribution in [2.24, 2.45) is 5.92 Å². The number of rotatable bonds is 5. The number of β-amino-alcohol motifs (C(OH)–C–C–N with tert-alkyl or cyclic N) is 1. The van der Waals surface area contributed by atoms with Gasteiger partial charge >= 0.3 is 5.97 Å². The number of carboxylic acid groups (broad SMARTS) is 1. The molecule has 116 valence electrons. The molecule has 1 saturated heterocycles. The number of ether oxygens (including phenoxy) is 1. The maximum atomic E-state index is 10.9. The number of hydrogen-bond donors (Lipinski definition) is 2. The van der Waals surface area contributed by atoms with Crippen molar-refractivity contribution >= 4 is 5.97 Å². The molecule has 5 heteroatoms. The molecule has 2 N–H and O–H groups in total. The highest BCUT2D eigenvalue weighted by Gasteiger charge is 2.32. The molecule has 0 bridgehead atoms. The summed E-state index contributed by atoms with van der Waals surface area (Å²) < 4.78 is 5.79. The van der Waals surface area contributed by atoms with Gasteiger partial charge in [0, 0.05) is 13.1 Å². The highest BCUT2D eigenvalue weighted by Crippen LogP contribution is 2.21. The van der Waals surface area contributed by atoms with Crippen molar-refractivity contribution in [3.05, 3.63) is 29.3 Å². The summed E-state index contributed by atoms with van der Waals surface area (Å²) in [7, 11) is 0. The Bertz CT molecular complexity index is 503. The molecule has 0 aliphatic carbocycles. The minimum Gasteiger partial charge on any atom is -0.492 e. The Labute approximate surface area is 125 Å². The quantitative estimate of drug-likeness (QED) is 0.860. The predicted molar refractivity (Wildman–Crippen MR) is 79.6 cm³/mol. The number of carbonyl (C=O) groups is 1. The van der Waals surface area contributed by atoms with Crippen LogP contribution >= 0.6 is 0 Å². The molecule has 2 atom stereocenters. The van der Waals surface area contributed by atoms with E-state index in [0.29, 0.717) is 32.7 Å². The Morgan fingerprint density at radius 2 is 2.19 bits per heavy atom. The van der Waals surface area contributed by atoms with E-state index in [-0.39, 0.29) is 0 Å². The normalized spacial score (nSPS) is 23.0. The van der Waals surface area contributed by atoms with Crippen LogP contribution in [0.4, 0.5) is 0 Å². The van der Waals surface area contributed by atoms with Crippen molar-refractivity contribution in [2.45, 2.75) is 26.4 Å². The number of aliphatic hydroxyl groups excluding tert-OH is 1. The van der Waals surface area contributed by atoms with Crippen LogP contribution in [0.1, 0.15) is 17.5 Å². The monoisotopic (exact) mass is 293 g/mol. The van der Waals surface area contributed by atoms with Crippen LogP contribution in [0.5, 0.6) is 5.75 Å². The first kappa shape index (κ1) is 15.8. The van der Waals surface area contributed by atoms with Crippen molar-refractivity contribution in [1.82, 2.24) is 4.90 Å². The van der Waals surface area contributed by atoms with Crippen LogP contribution in [-0.4, -0.2) is 53.4 Å². The minimum absolute atomic E-state index is 0.396. The molecule has 0 saturated carbocycles. The minimum atomic E-state index is -0.909. The molecule has 1 aliphatic rings. The van der Waals surface area contributed by atoms with Crippen LogP contribution in [0.3, 0.4) is 0 Å². The lowest BCUT2D eigenvalue weighted by Gasteiger charge is -2.33. The number of aliphatic hydroxyl groups is 1. The van der Waals surface area contributed by atoms with E-state index >= 15 is 0 Å². The number of aliphatic carboxylic acids is 1. The van der Waals surface area contributed by atoms with E-state index in [1.165, 1.54) is 5.56 Å². The van der Waals surface area contributed by atoms with E-state index in [2.05, 4.69) is 17.9 Å². The van der Waals surface area contributed by atoms with Crippen molar-refractivity contribution in [3.8, 4) is 5.75 Å². The van der Waals surface area contributed by atoms with E-state index in [0.717, 1.165) is 11.3 Å². The summed E-state index contributed by atoms with van der Waals surface area (Å²) in [5, 5.41) is 18.8. The predicted octanol–water partition coefficient (Wildman–Crippen LogP) is 1.45. The molecule has 0 unspecified atom stereocenters. The smallest absolute Gasteiger partial charge is 0.309 e. The summed E-state index contributed by atoms with van der Waals surface area (Å²) in [6.07, 6.45) is -0.308. The van der Waals surface area contributed by atoms with Crippen LogP contribution < -0.4 is 4.74 Å². The Morgan fingerprint density at radius 1 is 1.43 bits per heavy atom. The van der Waals surface area contributed by atoms with Gasteiger partial charge in [-0.3, -0.25) is 9.69 Å². The third-order valence-corrected chi connectivity index (χ3v) is 4.20. The molecule has 21 heavy (non-hydrogen) atoms. The van der Waals surface area contributed by atoms with Gasteiger partial charge in [0.05, 0.1) is 12.0 Å². The van der Waals surface area contributed by atoms with E-state index < -0.39 is 18.0 Å². The topological polar surface area (TPSA) is 70.0 Å². The van der Waals surface area contributed by atoms with E-state index in [1.54, 1.807) is 0 Å². The van der Waals surface area contributed by atoms with Crippen molar-refractivity contribution < 1.29 is 19.7 Å². The number of hydrogen-bond acceptors (Lipinski definition) is 4. The number of nitrogens with zero attached hydrogens (tertiary/aromatic N) is 1. The highest BCUT2D eigenvalue weighted by atomic mass is 16.5. The zero-order valence-electron chi connectivity index (χ0n) is 12.6. The summed E-state index contributed by atoms with van der Waals surface area (Å²) in [6.45, 7) is 6.39. The number of carboxylic acids is 1. The third kappa shape index (κ3) is 3.95. The van der Waals surface area contributed by atoms with E-state index in [4.69, 9.17) is 9.84 Å². The van der Waals surface area contributed by atoms with Gasteiger partial charge in [-0.05, 0) is 44.0 Å². The number of likely N-dealkylation sites (tertiary alicyclic amines) is 1. The van der Waals surface area contributed by atoms with Crippen LogP contribution in [-0.2, 0) is 4.79 Å². The summed E-state index contributed by atoms with van der Waals surface area (Å²) >= 11 is 0. The summed E-state index contributed by atoms with van der Waals surface area (Å²) in [5.74, 6) is -0.661. The molecule has 1 aliphatic heterocycles. The van der Waals surface area contributed by atoms with Gasteiger partial charge in [0.1, 0.15) is 12.4 Å². The average molecular weight is 293 g/mol. The van der Waals surface area contributed by atoms with Crippen molar-refractivity contribution in [3.63, 3.8) is 0 Å². The SMILES string of the molecule is Cc1cccc(OCCN2CC[C@H](C(=O)O)[C@H](O)C2)c1C. The highest BCUT2D eigenvalue weighted by molar-refractivity contribution is 5.70. The first-order valence-electron chi connectivity index (χ1n) is 7.31. The van der Waals surface area contributed by atoms with Crippen LogP contribution in [0.15, 0.2) is 18.2 Å². The lowest BCUT2D eigenvalue weighted by atomic mass is 9.94. The standard InChI is InChI=1S/C16H23NO4/c1-11-4-3-5-15(12(11)2)21-9-8-17-7-6-13(16(19)20)14(18)10-17/h3-5,13-14,18H,6-10H2,1-2H3,(H,19,20)/t13-,14+/m0/s1. The first-order chi connectivity index (χ1) is 9.99. The Morgan fingerprint density at radius 3 is 2.86 bits per heavy atom.